The third kappa shape index (κ3) is 3.54. The predicted octanol–water partition coefficient (Wildman–Crippen LogP) is 2.51. The topological polar surface area (TPSA) is 99.8 Å². The Labute approximate surface area is 127 Å². The number of hydrogen-bond donors (Lipinski definition) is 1. The van der Waals surface area contributed by atoms with Gasteiger partial charge in [-0.1, -0.05) is 34.5 Å². The first-order chi connectivity index (χ1) is 10.7. The maximum Gasteiger partial charge on any atom is 0.156 e. The fraction of sp³-hybridized carbons (Fsp3) is 0.500. The van der Waals surface area contributed by atoms with E-state index in [1.165, 1.54) is 7.11 Å². The van der Waals surface area contributed by atoms with Gasteiger partial charge in [0.1, 0.15) is 6.67 Å². The third-order valence-electron chi connectivity index (χ3n) is 3.47. The van der Waals surface area contributed by atoms with Crippen molar-refractivity contribution < 1.29 is 19.1 Å². The average molecular weight is 308 g/mol. The van der Waals surface area contributed by atoms with Crippen molar-refractivity contribution >= 4 is 5.71 Å². The molecule has 2 rings (SSSR count). The van der Waals surface area contributed by atoms with Crippen LogP contribution in [0.15, 0.2) is 34.5 Å². The molecule has 0 spiro atoms. The Bertz CT molecular complexity index is 572. The number of nitrogens with zero attached hydrogens (tertiary/aromatic N) is 4. The molecular weight excluding hydrogens is 291 g/mol. The van der Waals surface area contributed by atoms with Gasteiger partial charge >= 0.3 is 0 Å². The Morgan fingerprint density at radius 2 is 2.27 bits per heavy atom. The van der Waals surface area contributed by atoms with Crippen LogP contribution in [0.5, 0.6) is 0 Å². The molecule has 0 bridgehead atoms. The normalized spacial score (nSPS) is 19.8. The molecule has 0 aromatic heterocycles. The van der Waals surface area contributed by atoms with Crippen molar-refractivity contribution in [3.05, 3.63) is 45.8 Å². The molecule has 0 saturated heterocycles. The molecule has 0 saturated carbocycles. The van der Waals surface area contributed by atoms with E-state index in [4.69, 9.17) is 20.2 Å². The quantitative estimate of drug-likeness (QED) is 0.476. The number of aliphatic hydroxyl groups excluding tert-OH is 1. The summed E-state index contributed by atoms with van der Waals surface area (Å²) in [5.41, 5.74) is 10.8. The van der Waals surface area contributed by atoms with Gasteiger partial charge < -0.3 is 14.7 Å². The smallest absolute Gasteiger partial charge is 0.156 e. The van der Waals surface area contributed by atoms with Gasteiger partial charge in [0.05, 0.1) is 24.5 Å². The highest BCUT2D eigenvalue weighted by Crippen LogP contribution is 2.25. The second kappa shape index (κ2) is 7.74. The van der Waals surface area contributed by atoms with Crippen LogP contribution in [0.25, 0.3) is 10.4 Å². The zero-order chi connectivity index (χ0) is 15.9. The first-order valence-corrected chi connectivity index (χ1v) is 6.80. The van der Waals surface area contributed by atoms with Crippen LogP contribution in [-0.2, 0) is 9.57 Å². The van der Waals surface area contributed by atoms with Crippen molar-refractivity contribution in [3.63, 3.8) is 0 Å². The molecule has 118 valence electrons. The zero-order valence-corrected chi connectivity index (χ0v) is 12.1. The molecule has 1 heterocycles. The van der Waals surface area contributed by atoms with Crippen molar-refractivity contribution in [1.29, 1.82) is 0 Å². The Morgan fingerprint density at radius 3 is 2.77 bits per heavy atom. The number of oxime groups is 1. The Balaban J connectivity index is 2.15. The molecule has 1 aromatic rings. The maximum absolute atomic E-state index is 13.0. The summed E-state index contributed by atoms with van der Waals surface area (Å²) in [6, 6.07) is 6.26. The first kappa shape index (κ1) is 16.2. The lowest BCUT2D eigenvalue weighted by Gasteiger charge is -2.20. The highest BCUT2D eigenvalue weighted by atomic mass is 19.1. The molecule has 0 aliphatic carbocycles. The van der Waals surface area contributed by atoms with Gasteiger partial charge in [-0.25, -0.2) is 0 Å². The largest absolute Gasteiger partial charge is 0.392 e. The summed E-state index contributed by atoms with van der Waals surface area (Å²) in [4.78, 5) is 7.71. The Kier molecular flexibility index (Phi) is 5.71. The van der Waals surface area contributed by atoms with E-state index in [9.17, 15) is 4.39 Å². The number of benzene rings is 1. The van der Waals surface area contributed by atoms with Crippen LogP contribution in [0, 0.1) is 0 Å². The highest BCUT2D eigenvalue weighted by Gasteiger charge is 2.24. The number of halogens is 1. The summed E-state index contributed by atoms with van der Waals surface area (Å²) in [5.74, 6) is 0. The van der Waals surface area contributed by atoms with Gasteiger partial charge in [-0.15, -0.1) is 0 Å². The molecule has 1 aromatic carbocycles. The van der Waals surface area contributed by atoms with Crippen LogP contribution in [0.1, 0.15) is 23.7 Å². The monoisotopic (exact) mass is 308 g/mol. The summed E-state index contributed by atoms with van der Waals surface area (Å²) < 4.78 is 18.2. The molecular formula is C14H17FN4O3. The molecule has 1 N–H and O–H groups in total. The Morgan fingerprint density at radius 1 is 1.55 bits per heavy atom. The van der Waals surface area contributed by atoms with Crippen LogP contribution in [-0.4, -0.2) is 43.4 Å². The SMILES string of the molecule is CO[C@H](c1ccc(C2=NO[C@@H](CO)C2)cc1)[C@@H](CF)N=[N+]=[N-]. The van der Waals surface area contributed by atoms with E-state index in [2.05, 4.69) is 15.2 Å². The van der Waals surface area contributed by atoms with Crippen molar-refractivity contribution in [3.8, 4) is 0 Å². The molecule has 0 radical (unpaired) electrons. The van der Waals surface area contributed by atoms with E-state index in [0.29, 0.717) is 12.0 Å². The van der Waals surface area contributed by atoms with Gasteiger partial charge in [0.15, 0.2) is 6.10 Å². The molecule has 7 nitrogen and oxygen atoms in total. The number of alkyl halides is 1. The molecule has 1 aliphatic heterocycles. The minimum Gasteiger partial charge on any atom is -0.392 e. The van der Waals surface area contributed by atoms with E-state index >= 15 is 0 Å². The predicted molar refractivity (Wildman–Crippen MR) is 78.2 cm³/mol. The second-order valence-corrected chi connectivity index (χ2v) is 4.86. The zero-order valence-electron chi connectivity index (χ0n) is 12.1. The van der Waals surface area contributed by atoms with Gasteiger partial charge in [0.2, 0.25) is 0 Å². The average Bonchev–Trinajstić information content (AvgIpc) is 3.04. The van der Waals surface area contributed by atoms with Crippen LogP contribution < -0.4 is 0 Å². The fourth-order valence-electron chi connectivity index (χ4n) is 2.32. The summed E-state index contributed by atoms with van der Waals surface area (Å²) in [5, 5.41) is 16.4. The number of methoxy groups -OCH3 is 1. The lowest BCUT2D eigenvalue weighted by molar-refractivity contribution is 0.0390. The van der Waals surface area contributed by atoms with E-state index in [1.807, 2.05) is 12.1 Å². The fourth-order valence-corrected chi connectivity index (χ4v) is 2.32. The van der Waals surface area contributed by atoms with Gasteiger partial charge in [-0.05, 0) is 16.7 Å². The van der Waals surface area contributed by atoms with Gasteiger partial charge in [-0.2, -0.15) is 0 Å². The number of rotatable bonds is 7. The van der Waals surface area contributed by atoms with Gasteiger partial charge in [0, 0.05) is 18.4 Å². The highest BCUT2D eigenvalue weighted by molar-refractivity contribution is 6.01. The summed E-state index contributed by atoms with van der Waals surface area (Å²) >= 11 is 0. The lowest BCUT2D eigenvalue weighted by Crippen LogP contribution is -2.20. The standard InChI is InChI=1S/C14H17FN4O3/c1-21-14(13(7-15)17-19-16)10-4-2-9(3-5-10)12-6-11(8-20)22-18-12/h2-5,11,13-14,20H,6-8H2,1H3/t11-,13-,14-/m1/s1. The molecule has 3 atom stereocenters. The van der Waals surface area contributed by atoms with E-state index < -0.39 is 18.8 Å². The summed E-state index contributed by atoms with van der Waals surface area (Å²) in [7, 11) is 1.44. The van der Waals surface area contributed by atoms with Crippen molar-refractivity contribution in [2.24, 2.45) is 10.3 Å². The second-order valence-electron chi connectivity index (χ2n) is 4.86. The molecule has 1 aliphatic rings. The molecule has 0 unspecified atom stereocenters. The van der Waals surface area contributed by atoms with Gasteiger partial charge in [-0.3, -0.25) is 4.39 Å². The maximum atomic E-state index is 13.0. The molecule has 8 heteroatoms. The molecule has 0 fully saturated rings. The van der Waals surface area contributed by atoms with Crippen molar-refractivity contribution in [1.82, 2.24) is 0 Å². The first-order valence-electron chi connectivity index (χ1n) is 6.80. The minimum absolute atomic E-state index is 0.0822. The Hall–Kier alpha value is -2.15. The molecule has 0 amide bonds. The van der Waals surface area contributed by atoms with Crippen molar-refractivity contribution in [2.75, 3.05) is 20.4 Å². The van der Waals surface area contributed by atoms with E-state index in [-0.39, 0.29) is 12.7 Å². The molecule has 22 heavy (non-hydrogen) atoms. The number of aliphatic hydroxyl groups is 1. The van der Waals surface area contributed by atoms with Crippen LogP contribution in [0.3, 0.4) is 0 Å². The lowest BCUT2D eigenvalue weighted by atomic mass is 9.99. The number of azide groups is 1. The number of ether oxygens (including phenoxy) is 1. The number of hydrogen-bond acceptors (Lipinski definition) is 5. The minimum atomic E-state index is -0.910. The van der Waals surface area contributed by atoms with E-state index in [1.54, 1.807) is 12.1 Å². The van der Waals surface area contributed by atoms with E-state index in [0.717, 1.165) is 11.3 Å². The van der Waals surface area contributed by atoms with Crippen LogP contribution in [0.4, 0.5) is 4.39 Å². The van der Waals surface area contributed by atoms with Crippen LogP contribution in [0.2, 0.25) is 0 Å². The third-order valence-corrected chi connectivity index (χ3v) is 3.47. The van der Waals surface area contributed by atoms with Crippen LogP contribution >= 0.6 is 0 Å². The summed E-state index contributed by atoms with van der Waals surface area (Å²) in [6.07, 6.45) is -0.417. The van der Waals surface area contributed by atoms with Crippen molar-refractivity contribution in [2.45, 2.75) is 24.7 Å². The van der Waals surface area contributed by atoms with Gasteiger partial charge in [0.25, 0.3) is 0 Å². The summed E-state index contributed by atoms with van der Waals surface area (Å²) in [6.45, 7) is -0.885.